The van der Waals surface area contributed by atoms with Gasteiger partial charge < -0.3 is 0 Å². The second-order valence-electron chi connectivity index (χ2n) is 3.35. The van der Waals surface area contributed by atoms with Crippen molar-refractivity contribution in [1.29, 1.82) is 0 Å². The Morgan fingerprint density at radius 1 is 1.58 bits per heavy atom. The highest BCUT2D eigenvalue weighted by molar-refractivity contribution is 6.07. The Balaban J connectivity index is 2.88. The first-order valence-corrected chi connectivity index (χ1v) is 4.22. The Kier molecular flexibility index (Phi) is 2.64. The third kappa shape index (κ3) is 1.73. The molecule has 0 fully saturated rings. The van der Waals surface area contributed by atoms with E-state index in [0.29, 0.717) is 5.92 Å². The lowest BCUT2D eigenvalue weighted by Gasteiger charge is -2.05. The van der Waals surface area contributed by atoms with Gasteiger partial charge in [0.25, 0.3) is 0 Å². The molecule has 0 aliphatic heterocycles. The standard InChI is InChI=1S/C11H14O/c1-4-9-5-6-11(12)10(9)7-8(2)3/h4-9H,1H2,2-3H3/b10-7-. The molecule has 0 bridgehead atoms. The molecule has 1 rings (SSSR count). The van der Waals surface area contributed by atoms with Crippen LogP contribution in [0.5, 0.6) is 0 Å². The number of hydrogen-bond acceptors (Lipinski definition) is 1. The molecule has 0 saturated carbocycles. The van der Waals surface area contributed by atoms with Gasteiger partial charge in [-0.1, -0.05) is 32.1 Å². The monoisotopic (exact) mass is 162 g/mol. The Bertz CT molecular complexity index is 256. The van der Waals surface area contributed by atoms with E-state index >= 15 is 0 Å². The van der Waals surface area contributed by atoms with Gasteiger partial charge in [-0.15, -0.1) is 6.58 Å². The largest absolute Gasteiger partial charge is 0.290 e. The average Bonchev–Trinajstić information content (AvgIpc) is 2.32. The van der Waals surface area contributed by atoms with E-state index in [9.17, 15) is 4.79 Å². The minimum atomic E-state index is 0.133. The molecule has 0 N–H and O–H groups in total. The number of carbonyl (C=O) groups is 1. The smallest absolute Gasteiger partial charge is 0.182 e. The van der Waals surface area contributed by atoms with Crippen LogP contribution in [0.1, 0.15) is 13.8 Å². The van der Waals surface area contributed by atoms with E-state index in [0.717, 1.165) is 5.57 Å². The summed E-state index contributed by atoms with van der Waals surface area (Å²) < 4.78 is 0. The van der Waals surface area contributed by atoms with Crippen LogP contribution in [-0.2, 0) is 4.79 Å². The molecule has 0 aromatic carbocycles. The summed E-state index contributed by atoms with van der Waals surface area (Å²) in [7, 11) is 0. The fourth-order valence-electron chi connectivity index (χ4n) is 1.31. The zero-order valence-electron chi connectivity index (χ0n) is 7.58. The van der Waals surface area contributed by atoms with Crippen molar-refractivity contribution in [3.63, 3.8) is 0 Å². The maximum atomic E-state index is 11.3. The molecule has 0 heterocycles. The second-order valence-corrected chi connectivity index (χ2v) is 3.35. The third-order valence-corrected chi connectivity index (χ3v) is 1.87. The fraction of sp³-hybridized carbons (Fsp3) is 0.364. The topological polar surface area (TPSA) is 17.1 Å². The van der Waals surface area contributed by atoms with Crippen LogP contribution >= 0.6 is 0 Å². The van der Waals surface area contributed by atoms with Crippen molar-refractivity contribution in [2.24, 2.45) is 11.8 Å². The van der Waals surface area contributed by atoms with Crippen molar-refractivity contribution in [2.75, 3.05) is 0 Å². The first-order chi connectivity index (χ1) is 5.65. The van der Waals surface area contributed by atoms with Gasteiger partial charge >= 0.3 is 0 Å². The average molecular weight is 162 g/mol. The van der Waals surface area contributed by atoms with Gasteiger partial charge in [-0.25, -0.2) is 0 Å². The lowest BCUT2D eigenvalue weighted by molar-refractivity contribution is -0.111. The van der Waals surface area contributed by atoms with Crippen LogP contribution in [0.3, 0.4) is 0 Å². The molecule has 1 atom stereocenters. The quantitative estimate of drug-likeness (QED) is 0.450. The summed E-state index contributed by atoms with van der Waals surface area (Å²) in [6, 6.07) is 0. The van der Waals surface area contributed by atoms with Gasteiger partial charge in [0, 0.05) is 11.5 Å². The van der Waals surface area contributed by atoms with Gasteiger partial charge in [0.2, 0.25) is 0 Å². The highest BCUT2D eigenvalue weighted by atomic mass is 16.1. The fourth-order valence-corrected chi connectivity index (χ4v) is 1.31. The summed E-state index contributed by atoms with van der Waals surface area (Å²) >= 11 is 0. The van der Waals surface area contributed by atoms with Gasteiger partial charge in [-0.3, -0.25) is 4.79 Å². The van der Waals surface area contributed by atoms with Crippen molar-refractivity contribution < 1.29 is 4.79 Å². The van der Waals surface area contributed by atoms with Gasteiger partial charge in [0.15, 0.2) is 5.78 Å². The van der Waals surface area contributed by atoms with E-state index in [2.05, 4.69) is 20.4 Å². The number of allylic oxidation sites excluding steroid dienone is 5. The van der Waals surface area contributed by atoms with E-state index in [4.69, 9.17) is 0 Å². The van der Waals surface area contributed by atoms with Crippen molar-refractivity contribution in [3.8, 4) is 0 Å². The van der Waals surface area contributed by atoms with Crippen LogP contribution < -0.4 is 0 Å². The molecular weight excluding hydrogens is 148 g/mol. The van der Waals surface area contributed by atoms with Crippen LogP contribution in [0.4, 0.5) is 0 Å². The summed E-state index contributed by atoms with van der Waals surface area (Å²) in [5.74, 6) is 0.694. The van der Waals surface area contributed by atoms with E-state index in [1.807, 2.05) is 12.2 Å². The van der Waals surface area contributed by atoms with Gasteiger partial charge in [0.05, 0.1) is 0 Å². The summed E-state index contributed by atoms with van der Waals surface area (Å²) in [6.45, 7) is 7.83. The second kappa shape index (κ2) is 3.53. The molecule has 0 saturated heterocycles. The molecule has 1 aliphatic rings. The molecule has 0 aromatic rings. The minimum Gasteiger partial charge on any atom is -0.290 e. The van der Waals surface area contributed by atoms with Gasteiger partial charge in [-0.05, 0) is 12.0 Å². The first-order valence-electron chi connectivity index (χ1n) is 4.22. The molecule has 0 radical (unpaired) electrons. The van der Waals surface area contributed by atoms with Crippen molar-refractivity contribution in [1.82, 2.24) is 0 Å². The summed E-state index contributed by atoms with van der Waals surface area (Å²) in [6.07, 6.45) is 7.33. The molecule has 0 amide bonds. The Morgan fingerprint density at radius 2 is 2.25 bits per heavy atom. The maximum absolute atomic E-state index is 11.3. The first kappa shape index (κ1) is 8.98. The van der Waals surface area contributed by atoms with Crippen LogP contribution in [0.25, 0.3) is 0 Å². The summed E-state index contributed by atoms with van der Waals surface area (Å²) in [5.41, 5.74) is 0.875. The van der Waals surface area contributed by atoms with E-state index in [1.54, 1.807) is 12.2 Å². The van der Waals surface area contributed by atoms with Crippen molar-refractivity contribution in [3.05, 3.63) is 36.5 Å². The minimum absolute atomic E-state index is 0.133. The zero-order chi connectivity index (χ0) is 9.14. The highest BCUT2D eigenvalue weighted by Gasteiger charge is 2.19. The Labute approximate surface area is 73.5 Å². The molecule has 0 spiro atoms. The van der Waals surface area contributed by atoms with Crippen molar-refractivity contribution >= 4 is 5.78 Å². The van der Waals surface area contributed by atoms with E-state index < -0.39 is 0 Å². The van der Waals surface area contributed by atoms with Gasteiger partial charge in [-0.2, -0.15) is 0 Å². The van der Waals surface area contributed by atoms with Crippen LogP contribution in [0, 0.1) is 11.8 Å². The molecule has 64 valence electrons. The number of carbonyl (C=O) groups excluding carboxylic acids is 1. The maximum Gasteiger partial charge on any atom is 0.182 e. The lowest BCUT2D eigenvalue weighted by Crippen LogP contribution is -2.01. The van der Waals surface area contributed by atoms with Crippen molar-refractivity contribution in [2.45, 2.75) is 13.8 Å². The number of ketones is 1. The predicted molar refractivity (Wildman–Crippen MR) is 50.8 cm³/mol. The van der Waals surface area contributed by atoms with Crippen LogP contribution in [0.2, 0.25) is 0 Å². The summed E-state index contributed by atoms with van der Waals surface area (Å²) in [4.78, 5) is 11.3. The molecule has 1 unspecified atom stereocenters. The normalized spacial score (nSPS) is 25.8. The zero-order valence-corrected chi connectivity index (χ0v) is 7.58. The number of rotatable bonds is 2. The molecule has 12 heavy (non-hydrogen) atoms. The van der Waals surface area contributed by atoms with E-state index in [-0.39, 0.29) is 11.7 Å². The van der Waals surface area contributed by atoms with Crippen LogP contribution in [-0.4, -0.2) is 5.78 Å². The highest BCUT2D eigenvalue weighted by Crippen LogP contribution is 2.23. The molecule has 1 heteroatoms. The Hall–Kier alpha value is -1.11. The van der Waals surface area contributed by atoms with E-state index in [1.165, 1.54) is 0 Å². The van der Waals surface area contributed by atoms with Crippen LogP contribution in [0.15, 0.2) is 36.5 Å². The molecule has 1 aliphatic carbocycles. The SMILES string of the molecule is C=CC1C=CC(=O)/C1=C\C(C)C. The number of hydrogen-bond donors (Lipinski definition) is 0. The molecule has 0 aromatic heterocycles. The van der Waals surface area contributed by atoms with Gasteiger partial charge in [0.1, 0.15) is 0 Å². The Morgan fingerprint density at radius 3 is 2.75 bits per heavy atom. The summed E-state index contributed by atoms with van der Waals surface area (Å²) in [5, 5.41) is 0. The predicted octanol–water partition coefficient (Wildman–Crippen LogP) is 2.51. The molecule has 1 nitrogen and oxygen atoms in total. The third-order valence-electron chi connectivity index (χ3n) is 1.87. The molecular formula is C11H14O. The lowest BCUT2D eigenvalue weighted by atomic mass is 9.98.